The van der Waals surface area contributed by atoms with Gasteiger partial charge in [-0.2, -0.15) is 10.3 Å². The molecule has 8 nitrogen and oxygen atoms in total. The molecule has 3 aromatic rings. The number of aromatic amines is 1. The van der Waals surface area contributed by atoms with Gasteiger partial charge < -0.3 is 14.8 Å². The number of carbonyl (C=O) groups excluding carboxylic acids is 2. The molecular formula is C19H18N4O4. The molecule has 0 saturated heterocycles. The molecule has 1 heterocycles. The van der Waals surface area contributed by atoms with E-state index in [4.69, 9.17) is 9.47 Å². The third-order valence-corrected chi connectivity index (χ3v) is 3.56. The van der Waals surface area contributed by atoms with Crippen molar-refractivity contribution in [1.29, 1.82) is 0 Å². The van der Waals surface area contributed by atoms with Crippen LogP contribution in [0.25, 0.3) is 11.3 Å². The van der Waals surface area contributed by atoms with Crippen LogP contribution in [0.5, 0.6) is 11.5 Å². The molecule has 1 aromatic heterocycles. The van der Waals surface area contributed by atoms with Crippen molar-refractivity contribution in [3.8, 4) is 22.8 Å². The number of esters is 1. The topological polar surface area (TPSA) is 106 Å². The lowest BCUT2D eigenvalue weighted by atomic mass is 10.1. The fourth-order valence-corrected chi connectivity index (χ4v) is 2.45. The zero-order valence-corrected chi connectivity index (χ0v) is 14.9. The van der Waals surface area contributed by atoms with Crippen molar-refractivity contribution in [3.63, 3.8) is 0 Å². The van der Waals surface area contributed by atoms with Gasteiger partial charge in [0.15, 0.2) is 5.69 Å². The SMILES string of the molecule is CCOC(=O)c1n[nH]nc1-c1ccccc1Oc1ccc(NC(C)=O)cc1. The number of hydrogen-bond donors (Lipinski definition) is 2. The standard InChI is InChI=1S/C19H18N4O4/c1-3-26-19(25)18-17(21-23-22-18)15-6-4-5-7-16(15)27-14-10-8-13(9-11-14)20-12(2)24/h4-11H,3H2,1-2H3,(H,20,24)(H,21,22,23). The first kappa shape index (κ1) is 18.1. The first-order chi connectivity index (χ1) is 13.1. The monoisotopic (exact) mass is 366 g/mol. The Morgan fingerprint density at radius 3 is 2.52 bits per heavy atom. The summed E-state index contributed by atoms with van der Waals surface area (Å²) in [5, 5.41) is 13.1. The molecule has 0 aliphatic heterocycles. The molecule has 3 rings (SSSR count). The van der Waals surface area contributed by atoms with Crippen LogP contribution in [0.2, 0.25) is 0 Å². The van der Waals surface area contributed by atoms with E-state index in [1.165, 1.54) is 6.92 Å². The van der Waals surface area contributed by atoms with Crippen LogP contribution in [-0.4, -0.2) is 33.9 Å². The van der Waals surface area contributed by atoms with Gasteiger partial charge >= 0.3 is 5.97 Å². The van der Waals surface area contributed by atoms with Gasteiger partial charge in [-0.3, -0.25) is 4.79 Å². The Balaban J connectivity index is 1.88. The Bertz CT molecular complexity index is 950. The van der Waals surface area contributed by atoms with Gasteiger partial charge in [-0.15, -0.1) is 5.10 Å². The quantitative estimate of drug-likeness (QED) is 0.648. The fraction of sp³-hybridized carbons (Fsp3) is 0.158. The van der Waals surface area contributed by atoms with Crippen LogP contribution in [-0.2, 0) is 9.53 Å². The minimum atomic E-state index is -0.560. The summed E-state index contributed by atoms with van der Waals surface area (Å²) in [6, 6.07) is 14.1. The molecule has 0 spiro atoms. The maximum Gasteiger partial charge on any atom is 0.361 e. The van der Waals surface area contributed by atoms with E-state index < -0.39 is 5.97 Å². The van der Waals surface area contributed by atoms with Gasteiger partial charge in [-0.25, -0.2) is 4.79 Å². The first-order valence-corrected chi connectivity index (χ1v) is 8.31. The van der Waals surface area contributed by atoms with Crippen molar-refractivity contribution in [2.45, 2.75) is 13.8 Å². The average Bonchev–Trinajstić information content (AvgIpc) is 3.13. The fourth-order valence-electron chi connectivity index (χ4n) is 2.45. The van der Waals surface area contributed by atoms with E-state index in [-0.39, 0.29) is 18.2 Å². The molecule has 0 fully saturated rings. The van der Waals surface area contributed by atoms with Gasteiger partial charge in [0.2, 0.25) is 5.91 Å². The second kappa shape index (κ2) is 8.13. The summed E-state index contributed by atoms with van der Waals surface area (Å²) in [6.45, 7) is 3.41. The van der Waals surface area contributed by atoms with Crippen LogP contribution in [0, 0.1) is 0 Å². The number of nitrogens with zero attached hydrogens (tertiary/aromatic N) is 2. The zero-order chi connectivity index (χ0) is 19.2. The van der Waals surface area contributed by atoms with Crippen molar-refractivity contribution in [2.75, 3.05) is 11.9 Å². The highest BCUT2D eigenvalue weighted by molar-refractivity contribution is 5.94. The van der Waals surface area contributed by atoms with Gasteiger partial charge in [0.05, 0.1) is 6.61 Å². The van der Waals surface area contributed by atoms with Crippen LogP contribution >= 0.6 is 0 Å². The highest BCUT2D eigenvalue weighted by atomic mass is 16.5. The van der Waals surface area contributed by atoms with E-state index in [0.717, 1.165) is 0 Å². The zero-order valence-electron chi connectivity index (χ0n) is 14.9. The number of para-hydroxylation sites is 1. The lowest BCUT2D eigenvalue weighted by Crippen LogP contribution is -2.07. The maximum absolute atomic E-state index is 12.1. The predicted molar refractivity (Wildman–Crippen MR) is 98.6 cm³/mol. The van der Waals surface area contributed by atoms with Crippen molar-refractivity contribution < 1.29 is 19.1 Å². The molecule has 2 N–H and O–H groups in total. The van der Waals surface area contributed by atoms with Crippen molar-refractivity contribution in [3.05, 3.63) is 54.2 Å². The van der Waals surface area contributed by atoms with Gasteiger partial charge in [0, 0.05) is 18.2 Å². The number of hydrogen-bond acceptors (Lipinski definition) is 6. The van der Waals surface area contributed by atoms with Gasteiger partial charge in [-0.05, 0) is 43.3 Å². The Labute approximate surface area is 155 Å². The van der Waals surface area contributed by atoms with E-state index in [2.05, 4.69) is 20.7 Å². The summed E-state index contributed by atoms with van der Waals surface area (Å²) >= 11 is 0. The second-order valence-corrected chi connectivity index (χ2v) is 5.55. The van der Waals surface area contributed by atoms with Crippen LogP contribution in [0.1, 0.15) is 24.3 Å². The Kier molecular flexibility index (Phi) is 5.46. The molecule has 0 aliphatic rings. The van der Waals surface area contributed by atoms with E-state index in [1.807, 2.05) is 12.1 Å². The smallest absolute Gasteiger partial charge is 0.361 e. The van der Waals surface area contributed by atoms with Crippen molar-refractivity contribution >= 4 is 17.6 Å². The number of H-pyrrole nitrogens is 1. The molecular weight excluding hydrogens is 348 g/mol. The molecule has 2 aromatic carbocycles. The molecule has 138 valence electrons. The maximum atomic E-state index is 12.1. The number of amides is 1. The summed E-state index contributed by atoms with van der Waals surface area (Å²) in [4.78, 5) is 23.2. The molecule has 0 atom stereocenters. The van der Waals surface area contributed by atoms with Crippen molar-refractivity contribution in [1.82, 2.24) is 15.4 Å². The summed E-state index contributed by atoms with van der Waals surface area (Å²) < 4.78 is 11.0. The highest BCUT2D eigenvalue weighted by Crippen LogP contribution is 2.33. The average molecular weight is 366 g/mol. The van der Waals surface area contributed by atoms with Crippen LogP contribution < -0.4 is 10.1 Å². The summed E-state index contributed by atoms with van der Waals surface area (Å²) in [7, 11) is 0. The number of benzene rings is 2. The van der Waals surface area contributed by atoms with E-state index in [0.29, 0.717) is 28.4 Å². The molecule has 0 aliphatic carbocycles. The Hall–Kier alpha value is -3.68. The van der Waals surface area contributed by atoms with Crippen molar-refractivity contribution in [2.24, 2.45) is 0 Å². The summed E-state index contributed by atoms with van der Waals surface area (Å²) in [5.41, 5.74) is 1.71. The van der Waals surface area contributed by atoms with E-state index in [1.54, 1.807) is 43.3 Å². The third-order valence-electron chi connectivity index (χ3n) is 3.56. The van der Waals surface area contributed by atoms with Gasteiger partial charge in [0.25, 0.3) is 0 Å². The van der Waals surface area contributed by atoms with E-state index >= 15 is 0 Å². The molecule has 1 amide bonds. The number of ether oxygens (including phenoxy) is 2. The molecule has 0 unspecified atom stereocenters. The second-order valence-electron chi connectivity index (χ2n) is 5.55. The molecule has 0 radical (unpaired) electrons. The lowest BCUT2D eigenvalue weighted by molar-refractivity contribution is -0.114. The molecule has 0 saturated carbocycles. The number of aromatic nitrogens is 3. The number of nitrogens with one attached hydrogen (secondary N) is 2. The van der Waals surface area contributed by atoms with Crippen LogP contribution in [0.3, 0.4) is 0 Å². The van der Waals surface area contributed by atoms with Gasteiger partial charge in [0.1, 0.15) is 17.2 Å². The van der Waals surface area contributed by atoms with Gasteiger partial charge in [-0.1, -0.05) is 12.1 Å². The van der Waals surface area contributed by atoms with Crippen LogP contribution in [0.15, 0.2) is 48.5 Å². The summed E-state index contributed by atoms with van der Waals surface area (Å²) in [5.74, 6) is 0.365. The largest absolute Gasteiger partial charge is 0.461 e. The molecule has 0 bridgehead atoms. The number of rotatable bonds is 6. The summed E-state index contributed by atoms with van der Waals surface area (Å²) in [6.07, 6.45) is 0. The molecule has 27 heavy (non-hydrogen) atoms. The minimum absolute atomic E-state index is 0.0916. The number of carbonyl (C=O) groups is 2. The predicted octanol–water partition coefficient (Wildman–Crippen LogP) is 3.40. The minimum Gasteiger partial charge on any atom is -0.461 e. The normalized spacial score (nSPS) is 10.3. The Morgan fingerprint density at radius 2 is 1.81 bits per heavy atom. The third kappa shape index (κ3) is 4.30. The first-order valence-electron chi connectivity index (χ1n) is 8.31. The lowest BCUT2D eigenvalue weighted by Gasteiger charge is -2.11. The number of anilines is 1. The molecule has 8 heteroatoms. The van der Waals surface area contributed by atoms with E-state index in [9.17, 15) is 9.59 Å². The Morgan fingerprint density at radius 1 is 1.07 bits per heavy atom. The highest BCUT2D eigenvalue weighted by Gasteiger charge is 2.21. The van der Waals surface area contributed by atoms with Crippen LogP contribution in [0.4, 0.5) is 5.69 Å².